The van der Waals surface area contributed by atoms with Crippen LogP contribution >= 0.6 is 0 Å². The van der Waals surface area contributed by atoms with Crippen LogP contribution in [0.2, 0.25) is 0 Å². The van der Waals surface area contributed by atoms with Gasteiger partial charge >= 0.3 is 0 Å². The molecule has 2 aliphatic heterocycles. The van der Waals surface area contributed by atoms with Gasteiger partial charge < -0.3 is 20.3 Å². The van der Waals surface area contributed by atoms with E-state index in [0.717, 1.165) is 59.7 Å². The van der Waals surface area contributed by atoms with Gasteiger partial charge in [-0.3, -0.25) is 14.9 Å². The third kappa shape index (κ3) is 3.15. The van der Waals surface area contributed by atoms with Crippen molar-refractivity contribution in [2.45, 2.75) is 31.8 Å². The number of fused-ring (bicyclic) bond motifs is 1. The first-order valence-electron chi connectivity index (χ1n) is 10.3. The molecule has 0 bridgehead atoms. The largest absolute Gasteiger partial charge is 0.377 e. The summed E-state index contributed by atoms with van der Waals surface area (Å²) in [5.41, 5.74) is 9.03. The molecule has 5 heterocycles. The van der Waals surface area contributed by atoms with E-state index in [1.165, 1.54) is 0 Å². The lowest BCUT2D eigenvalue weighted by molar-refractivity contribution is -0.119. The summed E-state index contributed by atoms with van der Waals surface area (Å²) in [5, 5.41) is 8.02. The van der Waals surface area contributed by atoms with Gasteiger partial charge in [0.05, 0.1) is 30.6 Å². The molecule has 9 heteroatoms. The summed E-state index contributed by atoms with van der Waals surface area (Å²) in [4.78, 5) is 26.1. The van der Waals surface area contributed by atoms with Crippen LogP contribution in [-0.2, 0) is 9.53 Å². The molecule has 0 aromatic carbocycles. The number of morpholine rings is 1. The predicted octanol–water partition coefficient (Wildman–Crippen LogP) is 1.70. The first-order chi connectivity index (χ1) is 14.6. The molecule has 2 atom stereocenters. The fraction of sp³-hybridized carbons (Fsp3) is 0.429. The molecule has 3 aromatic rings. The molecule has 2 saturated heterocycles. The summed E-state index contributed by atoms with van der Waals surface area (Å²) >= 11 is 0. The number of amides is 1. The highest BCUT2D eigenvalue weighted by atomic mass is 16.5. The number of primary amides is 1. The Labute approximate surface area is 174 Å². The Kier molecular flexibility index (Phi) is 4.74. The Morgan fingerprint density at radius 3 is 2.93 bits per heavy atom. The monoisotopic (exact) mass is 407 g/mol. The molecule has 1 unspecified atom stereocenters. The third-order valence-electron chi connectivity index (χ3n) is 6.00. The molecule has 5 rings (SSSR count). The summed E-state index contributed by atoms with van der Waals surface area (Å²) in [6, 6.07) is 5.82. The van der Waals surface area contributed by atoms with Crippen molar-refractivity contribution in [3.8, 4) is 11.4 Å². The SMILES string of the molecule is C[C@@H]1COCCN1c1cc(N2CCCC2C(N)=O)c2ccnc(-c3ccn[nH]3)c2n1. The number of carbonyl (C=O) groups is 1. The topological polar surface area (TPSA) is 113 Å². The maximum atomic E-state index is 12.1. The molecular weight excluding hydrogens is 382 g/mol. The van der Waals surface area contributed by atoms with Gasteiger partial charge in [0.25, 0.3) is 0 Å². The molecule has 3 aromatic heterocycles. The van der Waals surface area contributed by atoms with Gasteiger partial charge in [0, 0.05) is 36.9 Å². The van der Waals surface area contributed by atoms with Crippen molar-refractivity contribution >= 4 is 28.3 Å². The van der Waals surface area contributed by atoms with Gasteiger partial charge in [0.1, 0.15) is 23.1 Å². The van der Waals surface area contributed by atoms with Gasteiger partial charge in [-0.05, 0) is 31.9 Å². The molecule has 0 radical (unpaired) electrons. The van der Waals surface area contributed by atoms with Gasteiger partial charge in [0.2, 0.25) is 5.91 Å². The number of aromatic nitrogens is 4. The predicted molar refractivity (Wildman–Crippen MR) is 114 cm³/mol. The van der Waals surface area contributed by atoms with E-state index in [4.69, 9.17) is 15.5 Å². The summed E-state index contributed by atoms with van der Waals surface area (Å²) in [7, 11) is 0. The van der Waals surface area contributed by atoms with Gasteiger partial charge in [-0.25, -0.2) is 4.98 Å². The minimum Gasteiger partial charge on any atom is -0.377 e. The molecule has 30 heavy (non-hydrogen) atoms. The smallest absolute Gasteiger partial charge is 0.240 e. The number of nitrogens with two attached hydrogens (primary N) is 1. The van der Waals surface area contributed by atoms with Crippen LogP contribution < -0.4 is 15.5 Å². The molecule has 3 N–H and O–H groups in total. The van der Waals surface area contributed by atoms with Crippen molar-refractivity contribution in [3.05, 3.63) is 30.6 Å². The lowest BCUT2D eigenvalue weighted by atomic mass is 10.1. The highest BCUT2D eigenvalue weighted by molar-refractivity contribution is 6.01. The Balaban J connectivity index is 1.73. The Morgan fingerprint density at radius 2 is 2.17 bits per heavy atom. The number of nitrogens with zero attached hydrogens (tertiary/aromatic N) is 5. The minimum atomic E-state index is -0.311. The molecule has 0 spiro atoms. The second-order valence-corrected chi connectivity index (χ2v) is 7.90. The van der Waals surface area contributed by atoms with E-state index in [2.05, 4.69) is 38.0 Å². The average Bonchev–Trinajstić information content (AvgIpc) is 3.45. The van der Waals surface area contributed by atoms with Crippen molar-refractivity contribution in [1.29, 1.82) is 0 Å². The van der Waals surface area contributed by atoms with Crippen LogP contribution in [0.1, 0.15) is 19.8 Å². The number of anilines is 2. The van der Waals surface area contributed by atoms with Crippen LogP contribution in [0.3, 0.4) is 0 Å². The second kappa shape index (κ2) is 7.56. The highest BCUT2D eigenvalue weighted by Gasteiger charge is 2.32. The van der Waals surface area contributed by atoms with Crippen LogP contribution in [0.15, 0.2) is 30.6 Å². The number of hydrogen-bond donors (Lipinski definition) is 2. The van der Waals surface area contributed by atoms with E-state index in [-0.39, 0.29) is 18.0 Å². The van der Waals surface area contributed by atoms with Crippen LogP contribution in [0.25, 0.3) is 22.3 Å². The zero-order chi connectivity index (χ0) is 20.7. The lowest BCUT2D eigenvalue weighted by Crippen LogP contribution is -2.44. The molecule has 2 aliphatic rings. The second-order valence-electron chi connectivity index (χ2n) is 7.90. The first-order valence-corrected chi connectivity index (χ1v) is 10.3. The number of carbonyl (C=O) groups excluding carboxylic acids is 1. The maximum Gasteiger partial charge on any atom is 0.240 e. The van der Waals surface area contributed by atoms with Crippen molar-refractivity contribution in [3.63, 3.8) is 0 Å². The van der Waals surface area contributed by atoms with E-state index in [0.29, 0.717) is 13.2 Å². The standard InChI is InChI=1S/C21H25N7O2/c1-13-12-30-10-9-27(13)18-11-17(28-8-2-3-16(28)21(22)29)14-4-6-23-20(19(14)25-18)15-5-7-24-26-15/h4-7,11,13,16H,2-3,8-10,12H2,1H3,(H2,22,29)(H,24,26)/t13-,16?/m1/s1. The molecule has 2 fully saturated rings. The number of pyridine rings is 2. The van der Waals surface area contributed by atoms with E-state index in [9.17, 15) is 4.79 Å². The maximum absolute atomic E-state index is 12.1. The normalized spacial score (nSPS) is 22.0. The van der Waals surface area contributed by atoms with Crippen LogP contribution in [0, 0.1) is 0 Å². The van der Waals surface area contributed by atoms with Gasteiger partial charge in [-0.2, -0.15) is 5.10 Å². The highest BCUT2D eigenvalue weighted by Crippen LogP contribution is 2.37. The van der Waals surface area contributed by atoms with E-state index >= 15 is 0 Å². The van der Waals surface area contributed by atoms with Crippen LogP contribution in [-0.4, -0.2) is 64.5 Å². The van der Waals surface area contributed by atoms with Gasteiger partial charge in [0.15, 0.2) is 0 Å². The number of rotatable bonds is 4. The molecule has 0 saturated carbocycles. The Morgan fingerprint density at radius 1 is 1.27 bits per heavy atom. The number of hydrogen-bond acceptors (Lipinski definition) is 7. The summed E-state index contributed by atoms with van der Waals surface area (Å²) in [6.07, 6.45) is 5.17. The van der Waals surface area contributed by atoms with Gasteiger partial charge in [-0.15, -0.1) is 0 Å². The quantitative estimate of drug-likeness (QED) is 0.677. The fourth-order valence-electron chi connectivity index (χ4n) is 4.51. The van der Waals surface area contributed by atoms with Crippen molar-refractivity contribution < 1.29 is 9.53 Å². The Hall–Kier alpha value is -3.20. The molecule has 1 amide bonds. The van der Waals surface area contributed by atoms with Crippen molar-refractivity contribution in [1.82, 2.24) is 20.2 Å². The van der Waals surface area contributed by atoms with Gasteiger partial charge in [-0.1, -0.05) is 0 Å². The number of H-pyrrole nitrogens is 1. The van der Waals surface area contributed by atoms with Crippen molar-refractivity contribution in [2.24, 2.45) is 5.73 Å². The summed E-state index contributed by atoms with van der Waals surface area (Å²) in [5.74, 6) is 0.568. The van der Waals surface area contributed by atoms with Crippen LogP contribution in [0.4, 0.5) is 11.5 Å². The zero-order valence-corrected chi connectivity index (χ0v) is 16.9. The number of nitrogens with one attached hydrogen (secondary N) is 1. The van der Waals surface area contributed by atoms with Crippen molar-refractivity contribution in [2.75, 3.05) is 36.1 Å². The van der Waals surface area contributed by atoms with E-state index in [1.807, 2.05) is 12.1 Å². The van der Waals surface area contributed by atoms with Crippen LogP contribution in [0.5, 0.6) is 0 Å². The Bertz CT molecular complexity index is 1070. The lowest BCUT2D eigenvalue weighted by Gasteiger charge is -2.35. The number of aromatic amines is 1. The average molecular weight is 407 g/mol. The molecule has 0 aliphatic carbocycles. The third-order valence-corrected chi connectivity index (χ3v) is 6.00. The van der Waals surface area contributed by atoms with E-state index in [1.54, 1.807) is 12.4 Å². The fourth-order valence-corrected chi connectivity index (χ4v) is 4.51. The number of ether oxygens (including phenoxy) is 1. The summed E-state index contributed by atoms with van der Waals surface area (Å²) in [6.45, 7) is 4.99. The van der Waals surface area contributed by atoms with E-state index < -0.39 is 0 Å². The molecule has 156 valence electrons. The molecule has 9 nitrogen and oxygen atoms in total. The molecular formula is C21H25N7O2. The minimum absolute atomic E-state index is 0.203. The first kappa shape index (κ1) is 18.8. The summed E-state index contributed by atoms with van der Waals surface area (Å²) < 4.78 is 5.62. The zero-order valence-electron chi connectivity index (χ0n) is 16.9.